The van der Waals surface area contributed by atoms with E-state index in [4.69, 9.17) is 14.2 Å². The molecule has 1 aliphatic heterocycles. The first-order valence-electron chi connectivity index (χ1n) is 16.5. The predicted molar refractivity (Wildman–Crippen MR) is 178 cm³/mol. The normalized spacial score (nSPS) is 19.9. The van der Waals surface area contributed by atoms with Crippen LogP contribution in [0.3, 0.4) is 0 Å². The number of ketones is 1. The Balaban J connectivity index is 0.857. The fraction of sp³-hybridized carbons (Fsp3) is 0.275. The second kappa shape index (κ2) is 13.5. The van der Waals surface area contributed by atoms with Crippen molar-refractivity contribution < 1.29 is 38.2 Å². The number of unbranched alkanes of at least 4 members (excludes halogenated alkanes) is 2. The van der Waals surface area contributed by atoms with Gasteiger partial charge in [0.05, 0.1) is 24.5 Å². The molecule has 2 bridgehead atoms. The molecule has 2 amide bonds. The maximum absolute atomic E-state index is 13.7. The highest BCUT2D eigenvalue weighted by Gasteiger charge is 2.61. The summed E-state index contributed by atoms with van der Waals surface area (Å²) in [6, 6.07) is 28.9. The summed E-state index contributed by atoms with van der Waals surface area (Å²) in [5.74, 6) is -1.88. The highest BCUT2D eigenvalue weighted by Crippen LogP contribution is 2.60. The highest BCUT2D eigenvalue weighted by atomic mass is 16.5. The molecule has 9 heteroatoms. The summed E-state index contributed by atoms with van der Waals surface area (Å²) in [7, 11) is 1.51. The molecule has 1 fully saturated rings. The van der Waals surface area contributed by atoms with E-state index in [0.29, 0.717) is 42.7 Å². The molecule has 3 aliphatic carbocycles. The van der Waals surface area contributed by atoms with Gasteiger partial charge in [-0.1, -0.05) is 61.0 Å². The van der Waals surface area contributed by atoms with Crippen LogP contribution in [-0.2, 0) is 19.1 Å². The van der Waals surface area contributed by atoms with E-state index < -0.39 is 18.5 Å². The molecule has 4 aliphatic rings. The number of carbonyl (C=O) groups is 5. The standard InChI is InChI=1S/C40H35NO8/c1-47-27-11-9-10-25(22-27)40(46)49-26-19-17-24(18-20-26)32(42)23-48-33(43)16-3-2-8-21-41-38(44)36-34-28-12-4-5-13-29(28)35(37(36)39(41)45)31-15-7-6-14-30(31)34/h4-7,9-15,17-20,22,34-37H,2-3,8,16,21,23H2,1H3/t34?,35?,36-,37+. The molecule has 1 saturated heterocycles. The van der Waals surface area contributed by atoms with Crippen LogP contribution in [-0.4, -0.2) is 54.7 Å². The number of ether oxygens (including phenoxy) is 3. The molecular weight excluding hydrogens is 622 g/mol. The Kier molecular flexibility index (Phi) is 8.82. The van der Waals surface area contributed by atoms with Crippen LogP contribution in [0.15, 0.2) is 97.1 Å². The van der Waals surface area contributed by atoms with Gasteiger partial charge in [0.2, 0.25) is 11.8 Å². The van der Waals surface area contributed by atoms with Gasteiger partial charge < -0.3 is 14.2 Å². The number of esters is 2. The molecule has 0 aromatic heterocycles. The van der Waals surface area contributed by atoms with Crippen LogP contribution in [0.4, 0.5) is 0 Å². The third-order valence-electron chi connectivity index (χ3n) is 9.86. The molecule has 4 aromatic carbocycles. The van der Waals surface area contributed by atoms with Crippen molar-refractivity contribution in [2.24, 2.45) is 11.8 Å². The number of nitrogens with zero attached hydrogens (tertiary/aromatic N) is 1. The third kappa shape index (κ3) is 6.01. The SMILES string of the molecule is COc1cccc(C(=O)Oc2ccc(C(=O)COC(=O)CCCCCN3C(=O)[C@@H]4C5c6ccccc6C(c6ccccc65)[C@@H]4C3=O)cc2)c1. The largest absolute Gasteiger partial charge is 0.497 e. The fourth-order valence-corrected chi connectivity index (χ4v) is 7.60. The lowest BCUT2D eigenvalue weighted by Gasteiger charge is -2.45. The lowest BCUT2D eigenvalue weighted by atomic mass is 9.55. The number of hydrogen-bond acceptors (Lipinski definition) is 8. The number of imide groups is 1. The van der Waals surface area contributed by atoms with Gasteiger partial charge in [-0.05, 0) is 77.6 Å². The van der Waals surface area contributed by atoms with Crippen molar-refractivity contribution in [2.45, 2.75) is 37.5 Å². The molecule has 248 valence electrons. The molecule has 9 nitrogen and oxygen atoms in total. The molecule has 0 unspecified atom stereocenters. The molecule has 4 aromatic rings. The lowest BCUT2D eigenvalue weighted by Crippen LogP contribution is -2.41. The van der Waals surface area contributed by atoms with Gasteiger partial charge in [0, 0.05) is 30.4 Å². The van der Waals surface area contributed by atoms with Gasteiger partial charge in [0.15, 0.2) is 12.4 Å². The molecule has 49 heavy (non-hydrogen) atoms. The van der Waals surface area contributed by atoms with Gasteiger partial charge in [-0.15, -0.1) is 0 Å². The second-order valence-electron chi connectivity index (χ2n) is 12.6. The Bertz CT molecular complexity index is 1830. The summed E-state index contributed by atoms with van der Waals surface area (Å²) in [6.07, 6.45) is 1.83. The van der Waals surface area contributed by atoms with Crippen LogP contribution in [0, 0.1) is 11.8 Å². The molecule has 0 radical (unpaired) electrons. The third-order valence-corrected chi connectivity index (χ3v) is 9.86. The minimum atomic E-state index is -0.563. The topological polar surface area (TPSA) is 116 Å². The van der Waals surface area contributed by atoms with Crippen LogP contribution in [0.5, 0.6) is 11.5 Å². The number of benzene rings is 4. The van der Waals surface area contributed by atoms with Gasteiger partial charge in [-0.3, -0.25) is 24.1 Å². The van der Waals surface area contributed by atoms with Gasteiger partial charge >= 0.3 is 11.9 Å². The number of carbonyl (C=O) groups excluding carboxylic acids is 5. The van der Waals surface area contributed by atoms with Gasteiger partial charge in [-0.25, -0.2) is 4.79 Å². The molecule has 0 spiro atoms. The Morgan fingerprint density at radius 3 is 1.82 bits per heavy atom. The number of likely N-dealkylation sites (tertiary alicyclic amines) is 1. The maximum Gasteiger partial charge on any atom is 0.343 e. The van der Waals surface area contributed by atoms with Crippen molar-refractivity contribution in [3.05, 3.63) is 130 Å². The van der Waals surface area contributed by atoms with Crippen molar-refractivity contribution in [3.8, 4) is 11.5 Å². The monoisotopic (exact) mass is 657 g/mol. The summed E-state index contributed by atoms with van der Waals surface area (Å²) in [6.45, 7) is -0.0936. The lowest BCUT2D eigenvalue weighted by molar-refractivity contribution is -0.143. The first-order valence-corrected chi connectivity index (χ1v) is 16.5. The number of amides is 2. The van der Waals surface area contributed by atoms with Crippen LogP contribution >= 0.6 is 0 Å². The summed E-state index contributed by atoms with van der Waals surface area (Å²) in [5, 5.41) is 0. The van der Waals surface area contributed by atoms with Crippen molar-refractivity contribution in [2.75, 3.05) is 20.3 Å². The molecular formula is C40H35NO8. The van der Waals surface area contributed by atoms with E-state index in [0.717, 1.165) is 22.3 Å². The summed E-state index contributed by atoms with van der Waals surface area (Å²) >= 11 is 0. The average molecular weight is 658 g/mol. The number of Topliss-reactive ketones (excluding diaryl/α,β-unsaturated/α-hetero) is 1. The first-order chi connectivity index (χ1) is 23.9. The van der Waals surface area contributed by atoms with Crippen LogP contribution in [0.25, 0.3) is 0 Å². The van der Waals surface area contributed by atoms with E-state index in [1.165, 1.54) is 36.3 Å². The number of rotatable bonds is 12. The Morgan fingerprint density at radius 1 is 0.653 bits per heavy atom. The van der Waals surface area contributed by atoms with Crippen LogP contribution < -0.4 is 9.47 Å². The second-order valence-corrected chi connectivity index (χ2v) is 12.6. The minimum Gasteiger partial charge on any atom is -0.497 e. The fourth-order valence-electron chi connectivity index (χ4n) is 7.60. The number of methoxy groups -OCH3 is 1. The Labute approximate surface area is 283 Å². The first kappa shape index (κ1) is 32.0. The zero-order valence-corrected chi connectivity index (χ0v) is 27.0. The maximum atomic E-state index is 13.7. The molecule has 8 rings (SSSR count). The average Bonchev–Trinajstić information content (AvgIpc) is 3.39. The zero-order chi connectivity index (χ0) is 34.1. The van der Waals surface area contributed by atoms with E-state index in [9.17, 15) is 24.0 Å². The van der Waals surface area contributed by atoms with E-state index in [-0.39, 0.29) is 53.4 Å². The summed E-state index contributed by atoms with van der Waals surface area (Å²) < 4.78 is 15.7. The minimum absolute atomic E-state index is 0.102. The van der Waals surface area contributed by atoms with Crippen molar-refractivity contribution in [1.29, 1.82) is 0 Å². The summed E-state index contributed by atoms with van der Waals surface area (Å²) in [4.78, 5) is 66.3. The van der Waals surface area contributed by atoms with Crippen LogP contribution in [0.2, 0.25) is 0 Å². The Morgan fingerprint density at radius 2 is 1.24 bits per heavy atom. The molecule has 2 atom stereocenters. The van der Waals surface area contributed by atoms with Gasteiger partial charge in [0.25, 0.3) is 0 Å². The molecule has 1 heterocycles. The van der Waals surface area contributed by atoms with E-state index >= 15 is 0 Å². The number of hydrogen-bond donors (Lipinski definition) is 0. The molecule has 0 saturated carbocycles. The smallest absolute Gasteiger partial charge is 0.343 e. The van der Waals surface area contributed by atoms with Crippen molar-refractivity contribution in [3.63, 3.8) is 0 Å². The quantitative estimate of drug-likeness (QED) is 0.0591. The Hall–Kier alpha value is -5.57. The van der Waals surface area contributed by atoms with E-state index in [1.807, 2.05) is 24.3 Å². The molecule has 0 N–H and O–H groups in total. The van der Waals surface area contributed by atoms with Gasteiger partial charge in [0.1, 0.15) is 11.5 Å². The van der Waals surface area contributed by atoms with Gasteiger partial charge in [-0.2, -0.15) is 0 Å². The van der Waals surface area contributed by atoms with E-state index in [2.05, 4.69) is 24.3 Å². The summed E-state index contributed by atoms with van der Waals surface area (Å²) in [5.41, 5.74) is 5.23. The zero-order valence-electron chi connectivity index (χ0n) is 27.0. The van der Waals surface area contributed by atoms with Crippen molar-refractivity contribution >= 4 is 29.5 Å². The van der Waals surface area contributed by atoms with Crippen LogP contribution in [0.1, 0.15) is 80.5 Å². The van der Waals surface area contributed by atoms with Crippen molar-refractivity contribution in [1.82, 2.24) is 4.90 Å². The van der Waals surface area contributed by atoms with E-state index in [1.54, 1.807) is 24.3 Å². The predicted octanol–water partition coefficient (Wildman–Crippen LogP) is 6.09. The highest BCUT2D eigenvalue weighted by molar-refractivity contribution is 6.07.